The number of para-hydroxylation sites is 1. The first kappa shape index (κ1) is 22.7. The molecule has 5 rings (SSSR count). The van der Waals surface area contributed by atoms with Crippen LogP contribution in [-0.4, -0.2) is 27.4 Å². The molecule has 0 spiro atoms. The van der Waals surface area contributed by atoms with Gasteiger partial charge in [0.2, 0.25) is 0 Å². The smallest absolute Gasteiger partial charge is 0.251 e. The standard InChI is InChI=1S/C28H35N5O/c1-18-7-6-8-19(2)25(18)32-27-26(20-9-4-3-5-10-20)31-24-17-21(15-16-33(24)27)28(34)30-23-13-11-22(29)12-14-23/h3-4,6-8,15-17,20,22-23,32H,5,9-14,29H2,1-2H3,(H,30,34). The van der Waals surface area contributed by atoms with E-state index < -0.39 is 0 Å². The van der Waals surface area contributed by atoms with Crippen LogP contribution in [0, 0.1) is 13.8 Å². The first-order chi connectivity index (χ1) is 16.5. The molecule has 6 heteroatoms. The topological polar surface area (TPSA) is 84.5 Å². The largest absolute Gasteiger partial charge is 0.349 e. The lowest BCUT2D eigenvalue weighted by Gasteiger charge is -2.26. The summed E-state index contributed by atoms with van der Waals surface area (Å²) in [5.41, 5.74) is 12.1. The minimum absolute atomic E-state index is 0.0302. The van der Waals surface area contributed by atoms with Gasteiger partial charge in [-0.05, 0) is 82.1 Å². The van der Waals surface area contributed by atoms with Gasteiger partial charge in [0.05, 0.1) is 5.69 Å². The molecule has 0 aliphatic heterocycles. The number of rotatable bonds is 5. The number of carbonyl (C=O) groups excluding carboxylic acids is 1. The van der Waals surface area contributed by atoms with Gasteiger partial charge in [0, 0.05) is 35.4 Å². The van der Waals surface area contributed by atoms with Crippen molar-refractivity contribution in [1.29, 1.82) is 0 Å². The third-order valence-electron chi connectivity index (χ3n) is 7.40. The molecule has 1 saturated carbocycles. The lowest BCUT2D eigenvalue weighted by Crippen LogP contribution is -2.40. The van der Waals surface area contributed by atoms with Crippen molar-refractivity contribution >= 4 is 23.1 Å². The monoisotopic (exact) mass is 457 g/mol. The fourth-order valence-electron chi connectivity index (χ4n) is 5.32. The van der Waals surface area contributed by atoms with Crippen LogP contribution < -0.4 is 16.4 Å². The number of nitrogens with zero attached hydrogens (tertiary/aromatic N) is 2. The summed E-state index contributed by atoms with van der Waals surface area (Å²) in [7, 11) is 0. The van der Waals surface area contributed by atoms with Gasteiger partial charge < -0.3 is 16.4 Å². The molecular formula is C28H35N5O. The fourth-order valence-corrected chi connectivity index (χ4v) is 5.32. The summed E-state index contributed by atoms with van der Waals surface area (Å²) in [5, 5.41) is 6.92. The Morgan fingerprint density at radius 1 is 1.06 bits per heavy atom. The van der Waals surface area contributed by atoms with Gasteiger partial charge in [-0.25, -0.2) is 4.98 Å². The Morgan fingerprint density at radius 3 is 2.53 bits per heavy atom. The molecule has 6 nitrogen and oxygen atoms in total. The number of hydrogen-bond acceptors (Lipinski definition) is 4. The quantitative estimate of drug-likeness (QED) is 0.441. The number of allylic oxidation sites excluding steroid dienone is 2. The Morgan fingerprint density at radius 2 is 1.82 bits per heavy atom. The van der Waals surface area contributed by atoms with Gasteiger partial charge in [-0.1, -0.05) is 30.4 Å². The molecule has 1 unspecified atom stereocenters. The predicted molar refractivity (Wildman–Crippen MR) is 138 cm³/mol. The van der Waals surface area contributed by atoms with Gasteiger partial charge in [-0.3, -0.25) is 9.20 Å². The molecule has 178 valence electrons. The molecule has 0 radical (unpaired) electrons. The van der Waals surface area contributed by atoms with Crippen LogP contribution in [0.1, 0.15) is 78.0 Å². The highest BCUT2D eigenvalue weighted by Gasteiger charge is 2.24. The normalized spacial score (nSPS) is 22.6. The number of hydrogen-bond donors (Lipinski definition) is 3. The Hall–Kier alpha value is -3.12. The van der Waals surface area contributed by atoms with Crippen LogP contribution in [0.4, 0.5) is 11.5 Å². The van der Waals surface area contributed by atoms with Gasteiger partial charge in [0.15, 0.2) is 0 Å². The van der Waals surface area contributed by atoms with Crippen LogP contribution in [0.3, 0.4) is 0 Å². The van der Waals surface area contributed by atoms with Crippen molar-refractivity contribution < 1.29 is 4.79 Å². The molecule has 2 aliphatic rings. The van der Waals surface area contributed by atoms with Gasteiger partial charge >= 0.3 is 0 Å². The Balaban J connectivity index is 1.48. The van der Waals surface area contributed by atoms with E-state index in [1.165, 1.54) is 11.1 Å². The molecule has 2 aliphatic carbocycles. The molecule has 2 heterocycles. The maximum atomic E-state index is 13.0. The van der Waals surface area contributed by atoms with Crippen molar-refractivity contribution in [3.05, 3.63) is 71.1 Å². The summed E-state index contributed by atoms with van der Waals surface area (Å²) in [5.74, 6) is 1.33. The summed E-state index contributed by atoms with van der Waals surface area (Å²) in [4.78, 5) is 18.1. The number of nitrogens with two attached hydrogens (primary N) is 1. The number of fused-ring (bicyclic) bond motifs is 1. The zero-order valence-corrected chi connectivity index (χ0v) is 20.2. The summed E-state index contributed by atoms with van der Waals surface area (Å²) < 4.78 is 2.09. The molecule has 34 heavy (non-hydrogen) atoms. The summed E-state index contributed by atoms with van der Waals surface area (Å²) >= 11 is 0. The molecule has 1 atom stereocenters. The molecule has 0 bridgehead atoms. The summed E-state index contributed by atoms with van der Waals surface area (Å²) in [6.45, 7) is 4.25. The van der Waals surface area contributed by atoms with Crippen molar-refractivity contribution in [3.8, 4) is 0 Å². The van der Waals surface area contributed by atoms with E-state index in [0.717, 1.165) is 67.8 Å². The van der Waals surface area contributed by atoms with Crippen LogP contribution in [0.2, 0.25) is 0 Å². The number of aromatic nitrogens is 2. The van der Waals surface area contributed by atoms with E-state index in [1.54, 1.807) is 0 Å². The Bertz CT molecular complexity index is 1200. The molecule has 1 fully saturated rings. The molecule has 1 aromatic carbocycles. The second kappa shape index (κ2) is 9.63. The van der Waals surface area contributed by atoms with E-state index in [1.807, 2.05) is 18.3 Å². The Kier molecular flexibility index (Phi) is 6.42. The number of imidazole rings is 1. The van der Waals surface area contributed by atoms with E-state index in [4.69, 9.17) is 10.7 Å². The second-order valence-electron chi connectivity index (χ2n) is 9.95. The van der Waals surface area contributed by atoms with Crippen molar-refractivity contribution in [3.63, 3.8) is 0 Å². The maximum absolute atomic E-state index is 13.0. The molecule has 4 N–H and O–H groups in total. The minimum atomic E-state index is -0.0302. The van der Waals surface area contributed by atoms with Crippen LogP contribution in [0.25, 0.3) is 5.65 Å². The van der Waals surface area contributed by atoms with E-state index in [2.05, 4.69) is 59.2 Å². The second-order valence-corrected chi connectivity index (χ2v) is 9.95. The van der Waals surface area contributed by atoms with E-state index in [9.17, 15) is 4.79 Å². The Labute approximate surface area is 201 Å². The van der Waals surface area contributed by atoms with Crippen molar-refractivity contribution in [1.82, 2.24) is 14.7 Å². The average molecular weight is 458 g/mol. The maximum Gasteiger partial charge on any atom is 0.251 e. The lowest BCUT2D eigenvalue weighted by molar-refractivity contribution is 0.0926. The number of aryl methyl sites for hydroxylation is 2. The SMILES string of the molecule is Cc1cccc(C)c1Nc1c(C2CC=CCC2)nc2cc(C(=O)NC3CCC(N)CC3)ccn12. The van der Waals surface area contributed by atoms with Crippen molar-refractivity contribution in [2.24, 2.45) is 5.73 Å². The van der Waals surface area contributed by atoms with Crippen LogP contribution >= 0.6 is 0 Å². The molecule has 1 amide bonds. The van der Waals surface area contributed by atoms with E-state index >= 15 is 0 Å². The minimum Gasteiger partial charge on any atom is -0.349 e. The lowest BCUT2D eigenvalue weighted by atomic mass is 9.91. The number of carbonyl (C=O) groups is 1. The van der Waals surface area contributed by atoms with Crippen LogP contribution in [0.15, 0.2) is 48.7 Å². The summed E-state index contributed by atoms with van der Waals surface area (Å²) in [6, 6.07) is 10.6. The van der Waals surface area contributed by atoms with Crippen molar-refractivity contribution in [2.45, 2.75) is 76.8 Å². The van der Waals surface area contributed by atoms with E-state index in [-0.39, 0.29) is 18.0 Å². The van der Waals surface area contributed by atoms with Crippen LogP contribution in [0.5, 0.6) is 0 Å². The predicted octanol–water partition coefficient (Wildman–Crippen LogP) is 5.52. The number of amides is 1. The zero-order valence-electron chi connectivity index (χ0n) is 20.2. The number of pyridine rings is 1. The third-order valence-corrected chi connectivity index (χ3v) is 7.40. The van der Waals surface area contributed by atoms with E-state index in [0.29, 0.717) is 11.5 Å². The molecule has 0 saturated heterocycles. The first-order valence-corrected chi connectivity index (χ1v) is 12.6. The first-order valence-electron chi connectivity index (χ1n) is 12.6. The summed E-state index contributed by atoms with van der Waals surface area (Å²) in [6.07, 6.45) is 13.5. The fraction of sp³-hybridized carbons (Fsp3) is 0.429. The van der Waals surface area contributed by atoms with Crippen LogP contribution in [-0.2, 0) is 0 Å². The van der Waals surface area contributed by atoms with Gasteiger partial charge in [-0.15, -0.1) is 0 Å². The van der Waals surface area contributed by atoms with Crippen molar-refractivity contribution in [2.75, 3.05) is 5.32 Å². The third kappa shape index (κ3) is 4.60. The van der Waals surface area contributed by atoms with Gasteiger partial charge in [-0.2, -0.15) is 0 Å². The number of nitrogens with one attached hydrogen (secondary N) is 2. The van der Waals surface area contributed by atoms with Gasteiger partial charge in [0.25, 0.3) is 5.91 Å². The highest BCUT2D eigenvalue weighted by atomic mass is 16.1. The zero-order chi connectivity index (χ0) is 23.7. The highest BCUT2D eigenvalue weighted by molar-refractivity contribution is 5.95. The average Bonchev–Trinajstić information content (AvgIpc) is 3.21. The van der Waals surface area contributed by atoms with Gasteiger partial charge in [0.1, 0.15) is 11.5 Å². The highest BCUT2D eigenvalue weighted by Crippen LogP contribution is 2.36. The molecule has 2 aromatic heterocycles. The molecular weight excluding hydrogens is 422 g/mol. The number of anilines is 2. The number of benzene rings is 1. The molecule has 3 aromatic rings.